The van der Waals surface area contributed by atoms with Gasteiger partial charge in [-0.1, -0.05) is 34.6 Å². The van der Waals surface area contributed by atoms with Gasteiger partial charge in [0, 0.05) is 23.8 Å². The van der Waals surface area contributed by atoms with Crippen LogP contribution in [0.5, 0.6) is 0 Å². The summed E-state index contributed by atoms with van der Waals surface area (Å²) in [6.45, 7) is 14.5. The van der Waals surface area contributed by atoms with Gasteiger partial charge in [0.05, 0.1) is 10.7 Å². The van der Waals surface area contributed by atoms with Crippen molar-refractivity contribution in [3.8, 4) is 0 Å². The summed E-state index contributed by atoms with van der Waals surface area (Å²) < 4.78 is 0. The van der Waals surface area contributed by atoms with Gasteiger partial charge in [-0.25, -0.2) is 4.98 Å². The van der Waals surface area contributed by atoms with Crippen LogP contribution in [0.3, 0.4) is 0 Å². The molecule has 0 atom stereocenters. The van der Waals surface area contributed by atoms with Gasteiger partial charge in [0.25, 0.3) is 0 Å². The van der Waals surface area contributed by atoms with Crippen molar-refractivity contribution in [1.29, 1.82) is 0 Å². The highest BCUT2D eigenvalue weighted by Crippen LogP contribution is 2.24. The maximum atomic E-state index is 4.71. The topological polar surface area (TPSA) is 16.1 Å². The van der Waals surface area contributed by atoms with Crippen molar-refractivity contribution in [3.05, 3.63) is 16.1 Å². The van der Waals surface area contributed by atoms with Crippen LogP contribution < -0.4 is 0 Å². The number of rotatable bonds is 5. The summed E-state index contributed by atoms with van der Waals surface area (Å²) in [6, 6.07) is 0. The minimum absolute atomic E-state index is 0.184. The molecular weight excluding hydrogens is 216 g/mol. The lowest BCUT2D eigenvalue weighted by Crippen LogP contribution is -2.25. The van der Waals surface area contributed by atoms with E-state index < -0.39 is 0 Å². The molecule has 2 nitrogen and oxygen atoms in total. The molecule has 1 rings (SSSR count). The summed E-state index contributed by atoms with van der Waals surface area (Å²) in [5.41, 5.74) is 1.41. The van der Waals surface area contributed by atoms with E-state index in [0.29, 0.717) is 0 Å². The molecule has 3 heteroatoms. The van der Waals surface area contributed by atoms with E-state index in [9.17, 15) is 0 Å². The molecule has 0 unspecified atom stereocenters. The highest BCUT2D eigenvalue weighted by Gasteiger charge is 2.17. The molecule has 0 saturated heterocycles. The van der Waals surface area contributed by atoms with E-state index in [1.807, 2.05) is 0 Å². The van der Waals surface area contributed by atoms with E-state index in [1.54, 1.807) is 11.3 Å². The second-order valence-electron chi connectivity index (χ2n) is 5.15. The van der Waals surface area contributed by atoms with Crippen LogP contribution in [0.1, 0.15) is 45.3 Å². The molecule has 1 heterocycles. The van der Waals surface area contributed by atoms with Gasteiger partial charge in [0.2, 0.25) is 0 Å². The third-order valence-electron chi connectivity index (χ3n) is 2.86. The normalized spacial score (nSPS) is 12.4. The van der Waals surface area contributed by atoms with Crippen molar-refractivity contribution in [2.45, 2.75) is 46.5 Å². The lowest BCUT2D eigenvalue weighted by Gasteiger charge is -2.17. The Kier molecular flexibility index (Phi) is 4.93. The molecule has 0 radical (unpaired) electrons. The van der Waals surface area contributed by atoms with E-state index in [4.69, 9.17) is 4.98 Å². The van der Waals surface area contributed by atoms with E-state index in [1.165, 1.54) is 10.7 Å². The maximum Gasteiger partial charge on any atom is 0.0941 e. The van der Waals surface area contributed by atoms with Gasteiger partial charge >= 0.3 is 0 Å². The van der Waals surface area contributed by atoms with Crippen molar-refractivity contribution in [2.75, 3.05) is 19.6 Å². The highest BCUT2D eigenvalue weighted by atomic mass is 32.1. The fourth-order valence-corrected chi connectivity index (χ4v) is 2.58. The molecule has 0 saturated carbocycles. The number of nitrogens with zero attached hydrogens (tertiary/aromatic N) is 2. The lowest BCUT2D eigenvalue weighted by atomic mass is 9.93. The predicted molar refractivity (Wildman–Crippen MR) is 72.3 cm³/mol. The molecule has 0 spiro atoms. The van der Waals surface area contributed by atoms with Crippen molar-refractivity contribution >= 4 is 11.3 Å². The number of hydrogen-bond donors (Lipinski definition) is 0. The predicted octanol–water partition coefficient (Wildman–Crippen LogP) is 3.32. The van der Waals surface area contributed by atoms with Gasteiger partial charge in [-0.3, -0.25) is 0 Å². The molecule has 0 N–H and O–H groups in total. The van der Waals surface area contributed by atoms with E-state index >= 15 is 0 Å². The summed E-state index contributed by atoms with van der Waals surface area (Å²) >= 11 is 1.80. The third kappa shape index (κ3) is 3.87. The summed E-state index contributed by atoms with van der Waals surface area (Å²) in [6.07, 6.45) is 1.09. The fraction of sp³-hybridized carbons (Fsp3) is 0.769. The smallest absolute Gasteiger partial charge is 0.0941 e. The first-order valence-corrected chi connectivity index (χ1v) is 7.02. The van der Waals surface area contributed by atoms with Crippen LogP contribution in [0.2, 0.25) is 0 Å². The summed E-state index contributed by atoms with van der Waals surface area (Å²) in [5, 5.41) is 3.48. The minimum Gasteiger partial charge on any atom is -0.303 e. The van der Waals surface area contributed by atoms with Crippen LogP contribution in [0.25, 0.3) is 0 Å². The number of hydrogen-bond acceptors (Lipinski definition) is 3. The van der Waals surface area contributed by atoms with Gasteiger partial charge in [-0.15, -0.1) is 11.3 Å². The molecule has 0 aliphatic carbocycles. The molecule has 0 aliphatic heterocycles. The lowest BCUT2D eigenvalue weighted by molar-refractivity contribution is 0.307. The fourth-order valence-electron chi connectivity index (χ4n) is 1.56. The minimum atomic E-state index is 0.184. The molecule has 0 aromatic carbocycles. The number of likely N-dealkylation sites (N-methyl/N-ethyl adjacent to an activating group) is 1. The SMILES string of the molecule is CCN(CC)CCc1nc(C(C)(C)C)cs1. The highest BCUT2D eigenvalue weighted by molar-refractivity contribution is 7.09. The van der Waals surface area contributed by atoms with Crippen LogP contribution in [-0.4, -0.2) is 29.5 Å². The first-order valence-electron chi connectivity index (χ1n) is 6.14. The van der Waals surface area contributed by atoms with Crippen LogP contribution in [0.15, 0.2) is 5.38 Å². The second kappa shape index (κ2) is 5.78. The van der Waals surface area contributed by atoms with Crippen LogP contribution in [-0.2, 0) is 11.8 Å². The van der Waals surface area contributed by atoms with Crippen LogP contribution in [0.4, 0.5) is 0 Å². The Labute approximate surface area is 104 Å². The molecule has 1 aromatic rings. The standard InChI is InChI=1S/C13H24N2S/c1-6-15(7-2)9-8-12-14-11(10-16-12)13(3,4)5/h10H,6-9H2,1-5H3. The molecule has 92 valence electrons. The Morgan fingerprint density at radius 2 is 1.88 bits per heavy atom. The van der Waals surface area contributed by atoms with Gasteiger partial charge in [-0.2, -0.15) is 0 Å². The number of thiazole rings is 1. The Morgan fingerprint density at radius 1 is 1.25 bits per heavy atom. The van der Waals surface area contributed by atoms with E-state index in [2.05, 4.69) is 44.9 Å². The summed E-state index contributed by atoms with van der Waals surface area (Å²) in [4.78, 5) is 7.16. The zero-order chi connectivity index (χ0) is 12.2. The molecule has 1 aromatic heterocycles. The zero-order valence-electron chi connectivity index (χ0n) is 11.2. The summed E-state index contributed by atoms with van der Waals surface area (Å²) in [5.74, 6) is 0. The molecular formula is C13H24N2S. The number of aromatic nitrogens is 1. The van der Waals surface area contributed by atoms with Crippen molar-refractivity contribution in [1.82, 2.24) is 9.88 Å². The monoisotopic (exact) mass is 240 g/mol. The Hall–Kier alpha value is -0.410. The Morgan fingerprint density at radius 3 is 2.31 bits per heavy atom. The van der Waals surface area contributed by atoms with Crippen molar-refractivity contribution in [3.63, 3.8) is 0 Å². The summed E-state index contributed by atoms with van der Waals surface area (Å²) in [7, 11) is 0. The Balaban J connectivity index is 2.53. The largest absolute Gasteiger partial charge is 0.303 e. The molecule has 0 aliphatic rings. The second-order valence-corrected chi connectivity index (χ2v) is 6.10. The maximum absolute atomic E-state index is 4.71. The first kappa shape index (κ1) is 13.7. The van der Waals surface area contributed by atoms with E-state index in [-0.39, 0.29) is 5.41 Å². The zero-order valence-corrected chi connectivity index (χ0v) is 12.0. The molecule has 16 heavy (non-hydrogen) atoms. The van der Waals surface area contributed by atoms with E-state index in [0.717, 1.165) is 26.1 Å². The average Bonchev–Trinajstić information content (AvgIpc) is 2.67. The van der Waals surface area contributed by atoms with Gasteiger partial charge in [0.15, 0.2) is 0 Å². The van der Waals surface area contributed by atoms with Crippen LogP contribution >= 0.6 is 11.3 Å². The van der Waals surface area contributed by atoms with Gasteiger partial charge in [0.1, 0.15) is 0 Å². The van der Waals surface area contributed by atoms with Crippen molar-refractivity contribution < 1.29 is 0 Å². The molecule has 0 amide bonds. The van der Waals surface area contributed by atoms with Crippen molar-refractivity contribution in [2.24, 2.45) is 0 Å². The first-order chi connectivity index (χ1) is 7.47. The van der Waals surface area contributed by atoms with Crippen LogP contribution in [0, 0.1) is 0 Å². The molecule has 0 bridgehead atoms. The average molecular weight is 240 g/mol. The van der Waals surface area contributed by atoms with Gasteiger partial charge < -0.3 is 4.90 Å². The molecule has 0 fully saturated rings. The third-order valence-corrected chi connectivity index (χ3v) is 3.77. The Bertz CT molecular complexity index is 308. The quantitative estimate of drug-likeness (QED) is 0.785. The van der Waals surface area contributed by atoms with Gasteiger partial charge in [-0.05, 0) is 13.1 Å².